The topological polar surface area (TPSA) is 72.5 Å². The normalized spacial score (nSPS) is 13.3. The summed E-state index contributed by atoms with van der Waals surface area (Å²) in [6.07, 6.45) is 5.38. The number of halogens is 2. The number of benzene rings is 1. The van der Waals surface area contributed by atoms with E-state index in [2.05, 4.69) is 10.1 Å². The maximum atomic E-state index is 13.2. The van der Waals surface area contributed by atoms with Gasteiger partial charge in [0.05, 0.1) is 11.7 Å². The zero-order valence-corrected chi connectivity index (χ0v) is 18.9. The quantitative estimate of drug-likeness (QED) is 0.563. The number of amides is 1. The van der Waals surface area contributed by atoms with E-state index >= 15 is 0 Å². The summed E-state index contributed by atoms with van der Waals surface area (Å²) >= 11 is 11.5. The van der Waals surface area contributed by atoms with Gasteiger partial charge in [-0.2, -0.15) is 0 Å². The number of allylic oxidation sites excluding steroid dienone is 2. The van der Waals surface area contributed by atoms with E-state index < -0.39 is 0 Å². The molecule has 1 unspecified atom stereocenters. The molecule has 0 saturated heterocycles. The minimum atomic E-state index is -0.268. The lowest BCUT2D eigenvalue weighted by molar-refractivity contribution is -0.127. The van der Waals surface area contributed by atoms with Gasteiger partial charge in [0.25, 0.3) is 0 Å². The minimum absolute atomic E-state index is 0.0222. The monoisotopic (exact) mass is 449 g/mol. The minimum Gasteiger partial charge on any atom is -0.346 e. The van der Waals surface area contributed by atoms with Gasteiger partial charge in [-0.05, 0) is 56.2 Å². The van der Waals surface area contributed by atoms with Crippen molar-refractivity contribution in [2.75, 3.05) is 13.6 Å². The van der Waals surface area contributed by atoms with E-state index in [0.717, 1.165) is 5.57 Å². The average Bonchev–Trinajstić information content (AvgIpc) is 3.06. The second-order valence-electron chi connectivity index (χ2n) is 6.86. The number of carbonyl (C=O) groups excluding carboxylic acids is 1. The predicted octanol–water partition coefficient (Wildman–Crippen LogP) is 4.30. The van der Waals surface area contributed by atoms with Crippen molar-refractivity contribution in [1.82, 2.24) is 19.2 Å². The fourth-order valence-corrected chi connectivity index (χ4v) is 2.91. The number of nitrogens with zero attached hydrogens (tertiary/aromatic N) is 5. The third-order valence-corrected chi connectivity index (χ3v) is 4.99. The van der Waals surface area contributed by atoms with Crippen LogP contribution in [-0.2, 0) is 4.79 Å². The fourth-order valence-electron chi connectivity index (χ4n) is 2.72. The van der Waals surface area contributed by atoms with Gasteiger partial charge >= 0.3 is 5.69 Å². The molecule has 1 aromatic carbocycles. The van der Waals surface area contributed by atoms with Crippen molar-refractivity contribution in [3.05, 3.63) is 63.4 Å². The van der Waals surface area contributed by atoms with E-state index in [1.807, 2.05) is 13.8 Å². The van der Waals surface area contributed by atoms with E-state index in [1.54, 1.807) is 53.1 Å². The molecule has 0 aliphatic heterocycles. The van der Waals surface area contributed by atoms with Crippen LogP contribution in [0, 0.1) is 0 Å². The van der Waals surface area contributed by atoms with Crippen molar-refractivity contribution < 1.29 is 4.79 Å². The molecule has 0 bridgehead atoms. The second kappa shape index (κ2) is 10.9. The number of carbonyl (C=O) groups is 1. The molecule has 2 aromatic rings. The number of aromatic nitrogens is 3. The lowest BCUT2D eigenvalue weighted by atomic mass is 10.2. The predicted molar refractivity (Wildman–Crippen MR) is 123 cm³/mol. The molecular formula is C21H25Cl2N5O2. The van der Waals surface area contributed by atoms with Crippen LogP contribution in [0.1, 0.15) is 39.1 Å². The van der Waals surface area contributed by atoms with E-state index in [1.165, 1.54) is 23.3 Å². The van der Waals surface area contributed by atoms with Gasteiger partial charge in [0.15, 0.2) is 5.82 Å². The first kappa shape index (κ1) is 23.6. The van der Waals surface area contributed by atoms with Gasteiger partial charge in [-0.25, -0.2) is 14.0 Å². The molecule has 2 rings (SSSR count). The first-order chi connectivity index (χ1) is 14.3. The standard InChI is InChI=1S/C21H25Cl2N5O2/c1-15(9-12-24-13-11-22)20-25-28(16(2)10-14-26(4)17(3)29)21(30)27(20)19-7-5-18(23)6-8-19/h5-9,11-13,16H,10,14H2,1-4H3/b13-11+,15-9+,24-12+. The molecule has 0 saturated carbocycles. The van der Waals surface area contributed by atoms with Crippen LogP contribution in [0.5, 0.6) is 0 Å². The molecule has 9 heteroatoms. The molecule has 1 heterocycles. The Morgan fingerprint density at radius 3 is 2.57 bits per heavy atom. The Balaban J connectivity index is 2.49. The lowest BCUT2D eigenvalue weighted by Gasteiger charge is -2.17. The van der Waals surface area contributed by atoms with Crippen LogP contribution >= 0.6 is 23.2 Å². The molecule has 30 heavy (non-hydrogen) atoms. The van der Waals surface area contributed by atoms with Crippen molar-refractivity contribution >= 4 is 40.9 Å². The highest BCUT2D eigenvalue weighted by Crippen LogP contribution is 2.19. The highest BCUT2D eigenvalue weighted by Gasteiger charge is 2.20. The maximum absolute atomic E-state index is 13.2. The molecule has 7 nitrogen and oxygen atoms in total. The molecule has 1 atom stereocenters. The summed E-state index contributed by atoms with van der Waals surface area (Å²) in [6.45, 7) is 5.80. The summed E-state index contributed by atoms with van der Waals surface area (Å²) in [6, 6.07) is 6.78. The Bertz CT molecular complexity index is 1020. The maximum Gasteiger partial charge on any atom is 0.351 e. The molecule has 0 N–H and O–H groups in total. The number of hydrogen-bond acceptors (Lipinski definition) is 4. The average molecular weight is 450 g/mol. The van der Waals surface area contributed by atoms with E-state index in [9.17, 15) is 9.59 Å². The van der Waals surface area contributed by atoms with Crippen molar-refractivity contribution in [2.24, 2.45) is 4.99 Å². The number of hydrogen-bond donors (Lipinski definition) is 0. The van der Waals surface area contributed by atoms with E-state index in [0.29, 0.717) is 29.5 Å². The molecule has 0 fully saturated rings. The first-order valence-electron chi connectivity index (χ1n) is 9.41. The zero-order chi connectivity index (χ0) is 22.3. The van der Waals surface area contributed by atoms with Crippen LogP contribution in [0.3, 0.4) is 0 Å². The van der Waals surface area contributed by atoms with Crippen LogP contribution in [0.4, 0.5) is 0 Å². The SMILES string of the molecule is CC(=O)N(C)CCC(C)n1nc(/C(C)=C/C=N/C=C/Cl)n(-c2ccc(Cl)cc2)c1=O. The summed E-state index contributed by atoms with van der Waals surface area (Å²) in [4.78, 5) is 30.3. The van der Waals surface area contributed by atoms with Crippen LogP contribution in [0.25, 0.3) is 11.3 Å². The van der Waals surface area contributed by atoms with Gasteiger partial charge in [-0.15, -0.1) is 5.10 Å². The Hall–Kier alpha value is -2.64. The summed E-state index contributed by atoms with van der Waals surface area (Å²) in [5.74, 6) is 0.474. The Morgan fingerprint density at radius 2 is 1.97 bits per heavy atom. The Labute approximate surface area is 185 Å². The Kier molecular flexibility index (Phi) is 8.62. The van der Waals surface area contributed by atoms with Gasteiger partial charge in [-0.3, -0.25) is 9.79 Å². The van der Waals surface area contributed by atoms with Gasteiger partial charge in [0, 0.05) is 43.5 Å². The summed E-state index contributed by atoms with van der Waals surface area (Å²) in [5.41, 5.74) is 2.44. The molecule has 0 radical (unpaired) electrons. The smallest absolute Gasteiger partial charge is 0.346 e. The highest BCUT2D eigenvalue weighted by atomic mass is 35.5. The van der Waals surface area contributed by atoms with Crippen molar-refractivity contribution in [3.63, 3.8) is 0 Å². The van der Waals surface area contributed by atoms with Crippen LogP contribution in [-0.4, -0.2) is 45.0 Å². The highest BCUT2D eigenvalue weighted by molar-refractivity contribution is 6.30. The fraction of sp³-hybridized carbons (Fsp3) is 0.333. The molecule has 160 valence electrons. The molecule has 1 amide bonds. The van der Waals surface area contributed by atoms with Gasteiger partial charge in [-0.1, -0.05) is 23.2 Å². The molecular weight excluding hydrogens is 425 g/mol. The van der Waals surface area contributed by atoms with Crippen molar-refractivity contribution in [3.8, 4) is 5.69 Å². The van der Waals surface area contributed by atoms with E-state index in [4.69, 9.17) is 23.2 Å². The van der Waals surface area contributed by atoms with Gasteiger partial charge in [0.1, 0.15) is 0 Å². The van der Waals surface area contributed by atoms with Crippen LogP contribution < -0.4 is 5.69 Å². The first-order valence-corrected chi connectivity index (χ1v) is 10.2. The van der Waals surface area contributed by atoms with Gasteiger partial charge < -0.3 is 4.90 Å². The van der Waals surface area contributed by atoms with Crippen LogP contribution in [0.2, 0.25) is 5.02 Å². The summed E-state index contributed by atoms with van der Waals surface area (Å²) in [7, 11) is 1.73. The zero-order valence-electron chi connectivity index (χ0n) is 17.4. The third-order valence-electron chi connectivity index (χ3n) is 4.63. The second-order valence-corrected chi connectivity index (χ2v) is 7.55. The number of aliphatic imine (C=N–C) groups is 1. The van der Waals surface area contributed by atoms with E-state index in [-0.39, 0.29) is 17.6 Å². The molecule has 0 aliphatic rings. The summed E-state index contributed by atoms with van der Waals surface area (Å²) < 4.78 is 2.99. The lowest BCUT2D eigenvalue weighted by Crippen LogP contribution is -2.30. The van der Waals surface area contributed by atoms with Crippen molar-refractivity contribution in [2.45, 2.75) is 33.2 Å². The largest absolute Gasteiger partial charge is 0.351 e. The molecule has 0 spiro atoms. The van der Waals surface area contributed by atoms with Gasteiger partial charge in [0.2, 0.25) is 5.91 Å². The molecule has 1 aromatic heterocycles. The van der Waals surface area contributed by atoms with Crippen molar-refractivity contribution in [1.29, 1.82) is 0 Å². The Morgan fingerprint density at radius 1 is 1.30 bits per heavy atom. The van der Waals surface area contributed by atoms with Crippen LogP contribution in [0.15, 0.2) is 51.9 Å². The number of rotatable bonds is 8. The summed E-state index contributed by atoms with van der Waals surface area (Å²) in [5, 5.41) is 5.16. The third kappa shape index (κ3) is 5.93. The molecule has 0 aliphatic carbocycles.